The number of hydrogen-bond acceptors (Lipinski definition) is 5. The molecule has 1 aliphatic rings. The number of hydrogen-bond donors (Lipinski definition) is 3. The number of anilines is 3. The van der Waals surface area contributed by atoms with Gasteiger partial charge in [0, 0.05) is 12.7 Å². The van der Waals surface area contributed by atoms with Gasteiger partial charge in [0.25, 0.3) is 0 Å². The number of aliphatic hydroxyl groups excluding tert-OH is 1. The minimum absolute atomic E-state index is 0.00365. The molecule has 3 rings (SSSR count). The molecule has 0 radical (unpaired) electrons. The zero-order chi connectivity index (χ0) is 23.4. The van der Waals surface area contributed by atoms with Gasteiger partial charge in [-0.1, -0.05) is 19.9 Å². The average Bonchev–Trinajstić information content (AvgIpc) is 3.52. The summed E-state index contributed by atoms with van der Waals surface area (Å²) in [6.45, 7) is 5.32. The lowest BCUT2D eigenvalue weighted by molar-refractivity contribution is 0.283. The fourth-order valence-corrected chi connectivity index (χ4v) is 4.77. The number of sulfonamides is 1. The van der Waals surface area contributed by atoms with Crippen LogP contribution in [0.2, 0.25) is 0 Å². The highest BCUT2D eigenvalue weighted by Gasteiger charge is 2.54. The Morgan fingerprint density at radius 3 is 2.26 bits per heavy atom. The number of benzene rings is 2. The van der Waals surface area contributed by atoms with E-state index in [0.29, 0.717) is 24.5 Å². The van der Waals surface area contributed by atoms with Gasteiger partial charge < -0.3 is 15.2 Å². The number of aryl methyl sites for hydroxylation is 1. The Morgan fingerprint density at radius 2 is 1.74 bits per heavy atom. The second-order valence-electron chi connectivity index (χ2n) is 7.00. The van der Waals surface area contributed by atoms with Crippen LogP contribution >= 0.6 is 0 Å². The predicted molar refractivity (Wildman–Crippen MR) is 115 cm³/mol. The Hall–Kier alpha value is -2.46. The lowest BCUT2D eigenvalue weighted by Gasteiger charge is -2.22. The van der Waals surface area contributed by atoms with Crippen molar-refractivity contribution in [3.8, 4) is 5.75 Å². The summed E-state index contributed by atoms with van der Waals surface area (Å²) in [4.78, 5) is 0. The third-order valence-corrected chi connectivity index (χ3v) is 7.19. The molecular weight excluding hydrogens is 433 g/mol. The van der Waals surface area contributed by atoms with Crippen molar-refractivity contribution in [2.45, 2.75) is 44.8 Å². The smallest absolute Gasteiger partial charge is 0.238 e. The van der Waals surface area contributed by atoms with Gasteiger partial charge in [-0.15, -0.1) is 0 Å². The standard InChI is InChI=1S/C19H21F3N2O4S.C2H6/c1-11-3-4-14(12(20)9-11)23-18-16(22)13(21)10-15(28-2)17(18)24-29(26,27)19(5-6-19)7-8-25;1-2/h3-4,9-10,23-25H,5-8H2,1-2H3;1-2H3. The first-order chi connectivity index (χ1) is 14.6. The van der Waals surface area contributed by atoms with E-state index in [2.05, 4.69) is 10.0 Å². The predicted octanol–water partition coefficient (Wildman–Crippen LogP) is 4.85. The molecule has 2 aromatic carbocycles. The summed E-state index contributed by atoms with van der Waals surface area (Å²) >= 11 is 0. The molecule has 0 unspecified atom stereocenters. The van der Waals surface area contributed by atoms with Crippen molar-refractivity contribution < 1.29 is 31.4 Å². The second kappa shape index (κ2) is 9.78. The molecule has 0 aromatic heterocycles. The molecule has 172 valence electrons. The van der Waals surface area contributed by atoms with Crippen LogP contribution in [-0.4, -0.2) is 32.0 Å². The van der Waals surface area contributed by atoms with Gasteiger partial charge in [-0.3, -0.25) is 4.72 Å². The van der Waals surface area contributed by atoms with Crippen LogP contribution in [-0.2, 0) is 10.0 Å². The van der Waals surface area contributed by atoms with E-state index >= 15 is 0 Å². The van der Waals surface area contributed by atoms with Crippen molar-refractivity contribution in [3.63, 3.8) is 0 Å². The van der Waals surface area contributed by atoms with Gasteiger partial charge in [-0.25, -0.2) is 21.6 Å². The second-order valence-corrected chi connectivity index (χ2v) is 9.07. The van der Waals surface area contributed by atoms with Crippen molar-refractivity contribution >= 4 is 27.1 Å². The van der Waals surface area contributed by atoms with E-state index in [1.54, 1.807) is 13.0 Å². The lowest BCUT2D eigenvalue weighted by Crippen LogP contribution is -2.31. The number of nitrogens with one attached hydrogen (secondary N) is 2. The van der Waals surface area contributed by atoms with Crippen LogP contribution in [0.15, 0.2) is 24.3 Å². The fraction of sp³-hybridized carbons (Fsp3) is 0.429. The molecule has 6 nitrogen and oxygen atoms in total. The van der Waals surface area contributed by atoms with Crippen LogP contribution in [0.3, 0.4) is 0 Å². The normalized spacial score (nSPS) is 14.3. The van der Waals surface area contributed by atoms with E-state index in [4.69, 9.17) is 4.74 Å². The summed E-state index contributed by atoms with van der Waals surface area (Å²) in [7, 11) is -2.90. The molecule has 0 amide bonds. The quantitative estimate of drug-likeness (QED) is 0.524. The number of rotatable bonds is 8. The number of ether oxygens (including phenoxy) is 1. The molecule has 0 heterocycles. The van der Waals surface area contributed by atoms with E-state index in [-0.39, 0.29) is 30.2 Å². The topological polar surface area (TPSA) is 87.7 Å². The molecule has 10 heteroatoms. The molecule has 0 saturated heterocycles. The number of methoxy groups -OCH3 is 1. The Bertz CT molecular complexity index is 1040. The fourth-order valence-electron chi connectivity index (χ4n) is 3.08. The summed E-state index contributed by atoms with van der Waals surface area (Å²) < 4.78 is 74.8. The molecule has 31 heavy (non-hydrogen) atoms. The first kappa shape index (κ1) is 24.8. The van der Waals surface area contributed by atoms with Gasteiger partial charge in [0.2, 0.25) is 10.0 Å². The van der Waals surface area contributed by atoms with E-state index in [1.165, 1.54) is 19.2 Å². The molecule has 1 fully saturated rings. The molecule has 2 aromatic rings. The highest BCUT2D eigenvalue weighted by Crippen LogP contribution is 2.49. The summed E-state index contributed by atoms with van der Waals surface area (Å²) in [6.07, 6.45) is 0.651. The molecule has 0 bridgehead atoms. The minimum Gasteiger partial charge on any atom is -0.494 e. The molecule has 0 atom stereocenters. The molecule has 1 saturated carbocycles. The van der Waals surface area contributed by atoms with Crippen molar-refractivity contribution in [1.82, 2.24) is 0 Å². The first-order valence-corrected chi connectivity index (χ1v) is 11.3. The van der Waals surface area contributed by atoms with Crippen LogP contribution in [0.25, 0.3) is 0 Å². The lowest BCUT2D eigenvalue weighted by atomic mass is 10.2. The summed E-state index contributed by atoms with van der Waals surface area (Å²) in [5.41, 5.74) is -0.534. The van der Waals surface area contributed by atoms with Gasteiger partial charge in [-0.05, 0) is 43.9 Å². The van der Waals surface area contributed by atoms with Gasteiger partial charge in [0.05, 0.1) is 17.5 Å². The molecule has 3 N–H and O–H groups in total. The Balaban J connectivity index is 0.00000166. The summed E-state index contributed by atoms with van der Waals surface area (Å²) in [5, 5.41) is 11.6. The third-order valence-electron chi connectivity index (χ3n) is 4.97. The highest BCUT2D eigenvalue weighted by molar-refractivity contribution is 7.94. The van der Waals surface area contributed by atoms with E-state index in [9.17, 15) is 26.7 Å². The van der Waals surface area contributed by atoms with Crippen LogP contribution in [0.5, 0.6) is 5.75 Å². The zero-order valence-electron chi connectivity index (χ0n) is 17.9. The molecule has 1 aliphatic carbocycles. The zero-order valence-corrected chi connectivity index (χ0v) is 18.7. The van der Waals surface area contributed by atoms with Crippen LogP contribution < -0.4 is 14.8 Å². The Kier molecular flexibility index (Phi) is 7.82. The molecule has 0 aliphatic heterocycles. The maximum atomic E-state index is 14.6. The van der Waals surface area contributed by atoms with Crippen molar-refractivity contribution in [1.29, 1.82) is 0 Å². The van der Waals surface area contributed by atoms with Gasteiger partial charge in [0.1, 0.15) is 22.9 Å². The van der Waals surface area contributed by atoms with E-state index in [0.717, 1.165) is 0 Å². The maximum Gasteiger partial charge on any atom is 0.238 e. The Labute approximate surface area is 180 Å². The summed E-state index contributed by atoms with van der Waals surface area (Å²) in [5.74, 6) is -3.69. The first-order valence-electron chi connectivity index (χ1n) is 9.86. The van der Waals surface area contributed by atoms with Crippen molar-refractivity contribution in [2.24, 2.45) is 0 Å². The average molecular weight is 461 g/mol. The van der Waals surface area contributed by atoms with Gasteiger partial charge in [-0.2, -0.15) is 0 Å². The number of halogens is 3. The molecule has 0 spiro atoms. The SMILES string of the molecule is CC.COc1cc(F)c(F)c(Nc2ccc(C)cc2F)c1NS(=O)(=O)C1(CCO)CC1. The largest absolute Gasteiger partial charge is 0.494 e. The molecular formula is C21H27F3N2O4S. The third kappa shape index (κ3) is 5.07. The maximum absolute atomic E-state index is 14.6. The van der Waals surface area contributed by atoms with Crippen molar-refractivity contribution in [2.75, 3.05) is 23.8 Å². The summed E-state index contributed by atoms with van der Waals surface area (Å²) in [6, 6.07) is 4.79. The van der Waals surface area contributed by atoms with Gasteiger partial charge >= 0.3 is 0 Å². The monoisotopic (exact) mass is 460 g/mol. The van der Waals surface area contributed by atoms with Gasteiger partial charge in [0.15, 0.2) is 11.6 Å². The van der Waals surface area contributed by atoms with Crippen LogP contribution in [0, 0.1) is 24.4 Å². The van der Waals surface area contributed by atoms with E-state index in [1.807, 2.05) is 13.8 Å². The van der Waals surface area contributed by atoms with Crippen LogP contribution in [0.1, 0.15) is 38.7 Å². The Morgan fingerprint density at radius 1 is 1.10 bits per heavy atom. The highest BCUT2D eigenvalue weighted by atomic mass is 32.2. The number of aliphatic hydroxyl groups is 1. The van der Waals surface area contributed by atoms with E-state index < -0.39 is 37.9 Å². The minimum atomic E-state index is -4.07. The van der Waals surface area contributed by atoms with Crippen molar-refractivity contribution in [3.05, 3.63) is 47.3 Å². The van der Waals surface area contributed by atoms with Crippen LogP contribution in [0.4, 0.5) is 30.2 Å².